The number of rotatable bonds is 3. The van der Waals surface area contributed by atoms with Gasteiger partial charge in [-0.05, 0) is 31.5 Å². The Balaban J connectivity index is 2.11. The average Bonchev–Trinajstić information content (AvgIpc) is 2.61. The number of nitrogens with zero attached hydrogens (tertiary/aromatic N) is 2. The Morgan fingerprint density at radius 1 is 1.30 bits per heavy atom. The van der Waals surface area contributed by atoms with Crippen LogP contribution in [0.2, 0.25) is 10.0 Å². The molecule has 2 aromatic rings. The highest BCUT2D eigenvalue weighted by Crippen LogP contribution is 2.23. The van der Waals surface area contributed by atoms with Gasteiger partial charge in [0.15, 0.2) is 0 Å². The smallest absolute Gasteiger partial charge is 0.228 e. The van der Waals surface area contributed by atoms with Crippen LogP contribution < -0.4 is 5.32 Å². The van der Waals surface area contributed by atoms with Gasteiger partial charge < -0.3 is 5.32 Å². The van der Waals surface area contributed by atoms with Crippen LogP contribution in [0.5, 0.6) is 0 Å². The normalized spacial score (nSPS) is 10.7. The molecule has 0 radical (unpaired) electrons. The van der Waals surface area contributed by atoms with E-state index in [2.05, 4.69) is 10.4 Å². The van der Waals surface area contributed by atoms with Crippen LogP contribution in [0.15, 0.2) is 18.2 Å². The van der Waals surface area contributed by atoms with E-state index in [1.807, 2.05) is 20.9 Å². The van der Waals surface area contributed by atoms with Gasteiger partial charge in [0.2, 0.25) is 5.91 Å². The van der Waals surface area contributed by atoms with Crippen molar-refractivity contribution in [1.29, 1.82) is 0 Å². The minimum Gasteiger partial charge on any atom is -0.323 e. The summed E-state index contributed by atoms with van der Waals surface area (Å²) in [6, 6.07) is 5.18. The van der Waals surface area contributed by atoms with Crippen LogP contribution in [-0.2, 0) is 18.3 Å². The maximum absolute atomic E-state index is 12.1. The summed E-state index contributed by atoms with van der Waals surface area (Å²) in [5.41, 5.74) is 3.30. The maximum atomic E-state index is 12.1. The highest BCUT2D eigenvalue weighted by molar-refractivity contribution is 6.42. The van der Waals surface area contributed by atoms with Gasteiger partial charge >= 0.3 is 0 Å². The van der Waals surface area contributed by atoms with Crippen LogP contribution >= 0.6 is 23.2 Å². The number of carbonyl (C=O) groups is 1. The van der Waals surface area contributed by atoms with Crippen molar-refractivity contribution in [1.82, 2.24) is 9.78 Å². The van der Waals surface area contributed by atoms with Crippen LogP contribution in [0.25, 0.3) is 0 Å². The summed E-state index contributed by atoms with van der Waals surface area (Å²) in [6.45, 7) is 3.77. The van der Waals surface area contributed by atoms with E-state index in [0.717, 1.165) is 22.6 Å². The third kappa shape index (κ3) is 3.14. The highest BCUT2D eigenvalue weighted by Gasteiger charge is 2.13. The zero-order valence-electron chi connectivity index (χ0n) is 11.5. The molecule has 20 heavy (non-hydrogen) atoms. The van der Waals surface area contributed by atoms with Crippen molar-refractivity contribution >= 4 is 34.8 Å². The number of hydrogen-bond acceptors (Lipinski definition) is 2. The van der Waals surface area contributed by atoms with Gasteiger partial charge in [-0.15, -0.1) is 0 Å². The number of carbonyl (C=O) groups excluding carboxylic acids is 1. The lowest BCUT2D eigenvalue weighted by atomic mass is 10.1. The van der Waals surface area contributed by atoms with E-state index in [1.54, 1.807) is 22.9 Å². The van der Waals surface area contributed by atoms with E-state index in [9.17, 15) is 4.79 Å². The van der Waals surface area contributed by atoms with Crippen molar-refractivity contribution in [3.8, 4) is 0 Å². The fraction of sp³-hybridized carbons (Fsp3) is 0.286. The van der Waals surface area contributed by atoms with Crippen molar-refractivity contribution in [2.24, 2.45) is 7.05 Å². The lowest BCUT2D eigenvalue weighted by Gasteiger charge is -2.06. The predicted octanol–water partition coefficient (Wildman–Crippen LogP) is 3.52. The zero-order chi connectivity index (χ0) is 14.9. The number of anilines is 1. The summed E-state index contributed by atoms with van der Waals surface area (Å²) in [7, 11) is 1.84. The maximum Gasteiger partial charge on any atom is 0.228 e. The lowest BCUT2D eigenvalue weighted by molar-refractivity contribution is -0.115. The lowest BCUT2D eigenvalue weighted by Crippen LogP contribution is -2.15. The van der Waals surface area contributed by atoms with Gasteiger partial charge in [0, 0.05) is 7.05 Å². The Morgan fingerprint density at radius 2 is 2.00 bits per heavy atom. The Kier molecular flexibility index (Phi) is 4.35. The van der Waals surface area contributed by atoms with Crippen LogP contribution in [0.1, 0.15) is 17.0 Å². The van der Waals surface area contributed by atoms with Gasteiger partial charge in [-0.25, -0.2) is 0 Å². The summed E-state index contributed by atoms with van der Waals surface area (Å²) < 4.78 is 1.74. The Labute approximate surface area is 127 Å². The molecule has 1 amide bonds. The van der Waals surface area contributed by atoms with E-state index < -0.39 is 0 Å². The van der Waals surface area contributed by atoms with Gasteiger partial charge in [-0.2, -0.15) is 5.10 Å². The number of nitrogens with one attached hydrogen (secondary N) is 1. The van der Waals surface area contributed by atoms with E-state index in [-0.39, 0.29) is 12.3 Å². The molecule has 0 atom stereocenters. The Morgan fingerprint density at radius 3 is 2.55 bits per heavy atom. The molecule has 1 aromatic heterocycles. The van der Waals surface area contributed by atoms with Crippen molar-refractivity contribution in [2.45, 2.75) is 20.3 Å². The SMILES string of the molecule is Cc1nn(C)c(C)c1NC(=O)Cc1ccc(Cl)c(Cl)c1. The molecule has 0 unspecified atom stereocenters. The first kappa shape index (κ1) is 14.9. The number of aromatic nitrogens is 2. The van der Waals surface area contributed by atoms with E-state index in [1.165, 1.54) is 0 Å². The number of halogens is 2. The first-order valence-corrected chi connectivity index (χ1v) is 6.88. The second-order valence-corrected chi connectivity index (χ2v) is 5.46. The third-order valence-corrected chi connectivity index (χ3v) is 3.86. The van der Waals surface area contributed by atoms with Gasteiger partial charge in [0.05, 0.1) is 33.5 Å². The van der Waals surface area contributed by atoms with Crippen LogP contribution in [0.3, 0.4) is 0 Å². The molecule has 0 bridgehead atoms. The molecule has 0 aliphatic heterocycles. The second-order valence-electron chi connectivity index (χ2n) is 4.64. The minimum atomic E-state index is -0.109. The summed E-state index contributed by atoms with van der Waals surface area (Å²) >= 11 is 11.8. The largest absolute Gasteiger partial charge is 0.323 e. The number of benzene rings is 1. The molecule has 0 spiro atoms. The Bertz CT molecular complexity index is 665. The molecule has 4 nitrogen and oxygen atoms in total. The van der Waals surface area contributed by atoms with Gasteiger partial charge in [-0.3, -0.25) is 9.48 Å². The van der Waals surface area contributed by atoms with Crippen molar-refractivity contribution in [2.75, 3.05) is 5.32 Å². The molecule has 0 aliphatic rings. The van der Waals surface area contributed by atoms with E-state index in [4.69, 9.17) is 23.2 Å². The molecule has 106 valence electrons. The van der Waals surface area contributed by atoms with Gasteiger partial charge in [0.1, 0.15) is 0 Å². The second kappa shape index (κ2) is 5.85. The minimum absolute atomic E-state index is 0.109. The number of amides is 1. The van der Waals surface area contributed by atoms with Gasteiger partial charge in [-0.1, -0.05) is 29.3 Å². The Hall–Kier alpha value is -1.52. The molecular formula is C14H15Cl2N3O. The van der Waals surface area contributed by atoms with Crippen LogP contribution in [0, 0.1) is 13.8 Å². The topological polar surface area (TPSA) is 46.9 Å². The molecule has 6 heteroatoms. The highest BCUT2D eigenvalue weighted by atomic mass is 35.5. The molecule has 1 heterocycles. The van der Waals surface area contributed by atoms with Crippen molar-refractivity contribution < 1.29 is 4.79 Å². The predicted molar refractivity (Wildman–Crippen MR) is 81.5 cm³/mol. The summed E-state index contributed by atoms with van der Waals surface area (Å²) in [4.78, 5) is 12.1. The third-order valence-electron chi connectivity index (χ3n) is 3.12. The molecule has 0 fully saturated rings. The fourth-order valence-corrected chi connectivity index (χ4v) is 2.29. The average molecular weight is 312 g/mol. The molecule has 0 aliphatic carbocycles. The van der Waals surface area contributed by atoms with Gasteiger partial charge in [0.25, 0.3) is 0 Å². The molecule has 1 N–H and O–H groups in total. The molecular weight excluding hydrogens is 297 g/mol. The first-order valence-electron chi connectivity index (χ1n) is 6.12. The molecule has 0 saturated carbocycles. The standard InChI is InChI=1S/C14H15Cl2N3O/c1-8-14(9(2)19(3)18-8)17-13(20)7-10-4-5-11(15)12(16)6-10/h4-6H,7H2,1-3H3,(H,17,20). The molecule has 1 aromatic carbocycles. The summed E-state index contributed by atoms with van der Waals surface area (Å²) in [5.74, 6) is -0.109. The van der Waals surface area contributed by atoms with Crippen molar-refractivity contribution in [3.05, 3.63) is 45.2 Å². The molecule has 2 rings (SSSR count). The fourth-order valence-electron chi connectivity index (χ4n) is 1.97. The summed E-state index contributed by atoms with van der Waals surface area (Å²) in [6.07, 6.45) is 0.241. The van der Waals surface area contributed by atoms with Crippen molar-refractivity contribution in [3.63, 3.8) is 0 Å². The van der Waals surface area contributed by atoms with E-state index in [0.29, 0.717) is 10.0 Å². The van der Waals surface area contributed by atoms with E-state index >= 15 is 0 Å². The number of aryl methyl sites for hydroxylation is 2. The summed E-state index contributed by atoms with van der Waals surface area (Å²) in [5, 5.41) is 8.07. The quantitative estimate of drug-likeness (QED) is 0.942. The zero-order valence-corrected chi connectivity index (χ0v) is 13.0. The van der Waals surface area contributed by atoms with Crippen LogP contribution in [-0.4, -0.2) is 15.7 Å². The first-order chi connectivity index (χ1) is 9.38. The molecule has 0 saturated heterocycles. The van der Waals surface area contributed by atoms with Crippen LogP contribution in [0.4, 0.5) is 5.69 Å². The monoisotopic (exact) mass is 311 g/mol. The number of hydrogen-bond donors (Lipinski definition) is 1.